The fourth-order valence-corrected chi connectivity index (χ4v) is 2.62. The Balaban J connectivity index is 2.66. The van der Waals surface area contributed by atoms with Crippen molar-refractivity contribution in [1.29, 1.82) is 5.26 Å². The second-order valence-electron chi connectivity index (χ2n) is 3.25. The van der Waals surface area contributed by atoms with Crippen molar-refractivity contribution < 1.29 is 0 Å². The van der Waals surface area contributed by atoms with Crippen LogP contribution in [0.2, 0.25) is 0 Å². The molecule has 0 aliphatic carbocycles. The molecule has 70 valence electrons. The Labute approximate surface area is 90.4 Å². The van der Waals surface area contributed by atoms with Crippen LogP contribution in [0.15, 0.2) is 35.7 Å². The number of nitriles is 1. The summed E-state index contributed by atoms with van der Waals surface area (Å²) in [5.74, 6) is 0. The molecule has 3 aromatic rings. The number of hydrogen-bond donors (Lipinski definition) is 0. The summed E-state index contributed by atoms with van der Waals surface area (Å²) >= 11 is 1.66. The molecule has 0 saturated heterocycles. The highest BCUT2D eigenvalue weighted by atomic mass is 32.1. The zero-order valence-corrected chi connectivity index (χ0v) is 8.58. The normalized spacial score (nSPS) is 10.6. The number of aromatic nitrogens is 1. The Morgan fingerprint density at radius 2 is 1.93 bits per heavy atom. The van der Waals surface area contributed by atoms with Gasteiger partial charge >= 0.3 is 0 Å². The van der Waals surface area contributed by atoms with Gasteiger partial charge in [0.1, 0.15) is 11.8 Å². The third kappa shape index (κ3) is 1.12. The molecule has 0 saturated carbocycles. The summed E-state index contributed by atoms with van der Waals surface area (Å²) in [6.07, 6.45) is 0. The molecule has 0 atom stereocenters. The minimum absolute atomic E-state index is 0.511. The topological polar surface area (TPSA) is 36.7 Å². The molecule has 15 heavy (non-hydrogen) atoms. The Morgan fingerprint density at radius 1 is 1.13 bits per heavy atom. The minimum Gasteiger partial charge on any atom is -0.236 e. The van der Waals surface area contributed by atoms with Gasteiger partial charge in [0.2, 0.25) is 0 Å². The number of fused-ring (bicyclic) bond motifs is 3. The Morgan fingerprint density at radius 3 is 2.73 bits per heavy atom. The first-order valence-electron chi connectivity index (χ1n) is 4.56. The first-order chi connectivity index (χ1) is 7.40. The third-order valence-corrected chi connectivity index (χ3v) is 3.35. The van der Waals surface area contributed by atoms with Gasteiger partial charge in [0.25, 0.3) is 0 Å². The Kier molecular flexibility index (Phi) is 1.70. The summed E-state index contributed by atoms with van der Waals surface area (Å²) in [4.78, 5) is 4.33. The standard InChI is InChI=1S/C12H6N2S/c13-7-11-8-3-1-2-4-9(8)12-10(14-11)5-6-15-12/h1-6H. The highest BCUT2D eigenvalue weighted by molar-refractivity contribution is 7.18. The number of pyridine rings is 1. The van der Waals surface area contributed by atoms with E-state index >= 15 is 0 Å². The molecule has 2 aromatic heterocycles. The van der Waals surface area contributed by atoms with Crippen LogP contribution in [0.3, 0.4) is 0 Å². The van der Waals surface area contributed by atoms with Crippen molar-refractivity contribution in [3.63, 3.8) is 0 Å². The van der Waals surface area contributed by atoms with Gasteiger partial charge < -0.3 is 0 Å². The predicted octanol–water partition coefficient (Wildman–Crippen LogP) is 3.32. The molecule has 2 heterocycles. The lowest BCUT2D eigenvalue weighted by Gasteiger charge is -2.00. The van der Waals surface area contributed by atoms with Crippen molar-refractivity contribution in [1.82, 2.24) is 4.98 Å². The largest absolute Gasteiger partial charge is 0.236 e. The SMILES string of the molecule is N#Cc1nc2ccsc2c2ccccc12. The van der Waals surface area contributed by atoms with E-state index in [1.807, 2.05) is 35.7 Å². The van der Waals surface area contributed by atoms with E-state index in [2.05, 4.69) is 11.1 Å². The molecule has 0 fully saturated rings. The molecule has 0 bridgehead atoms. The van der Waals surface area contributed by atoms with Crippen molar-refractivity contribution in [2.45, 2.75) is 0 Å². The van der Waals surface area contributed by atoms with Gasteiger partial charge in [-0.2, -0.15) is 5.26 Å². The molecule has 0 aliphatic heterocycles. The summed E-state index contributed by atoms with van der Waals surface area (Å²) < 4.78 is 1.16. The van der Waals surface area contributed by atoms with E-state index in [1.165, 1.54) is 0 Å². The summed E-state index contributed by atoms with van der Waals surface area (Å²) in [5.41, 5.74) is 1.42. The van der Waals surface area contributed by atoms with E-state index < -0.39 is 0 Å². The van der Waals surface area contributed by atoms with Crippen molar-refractivity contribution >= 4 is 32.3 Å². The number of rotatable bonds is 0. The fraction of sp³-hybridized carbons (Fsp3) is 0. The molecule has 1 aromatic carbocycles. The van der Waals surface area contributed by atoms with Crippen molar-refractivity contribution in [2.75, 3.05) is 0 Å². The number of hydrogen-bond acceptors (Lipinski definition) is 3. The molecule has 0 radical (unpaired) electrons. The molecule has 0 spiro atoms. The predicted molar refractivity (Wildman–Crippen MR) is 61.8 cm³/mol. The van der Waals surface area contributed by atoms with Crippen LogP contribution in [0.5, 0.6) is 0 Å². The molecular weight excluding hydrogens is 204 g/mol. The summed E-state index contributed by atoms with van der Waals surface area (Å²) in [6, 6.07) is 12.0. The van der Waals surface area contributed by atoms with Gasteiger partial charge in [-0.1, -0.05) is 24.3 Å². The number of nitrogens with zero attached hydrogens (tertiary/aromatic N) is 2. The average Bonchev–Trinajstić information content (AvgIpc) is 2.76. The molecule has 2 nitrogen and oxygen atoms in total. The number of benzene rings is 1. The summed E-state index contributed by atoms with van der Waals surface area (Å²) in [5, 5.41) is 13.1. The van der Waals surface area contributed by atoms with E-state index in [-0.39, 0.29) is 0 Å². The fourth-order valence-electron chi connectivity index (χ4n) is 1.75. The maximum Gasteiger partial charge on any atom is 0.149 e. The lowest BCUT2D eigenvalue weighted by Crippen LogP contribution is -1.85. The van der Waals surface area contributed by atoms with Crippen LogP contribution < -0.4 is 0 Å². The van der Waals surface area contributed by atoms with Gasteiger partial charge in [0.15, 0.2) is 0 Å². The monoisotopic (exact) mass is 210 g/mol. The smallest absolute Gasteiger partial charge is 0.149 e. The van der Waals surface area contributed by atoms with Crippen LogP contribution in [0.25, 0.3) is 21.0 Å². The van der Waals surface area contributed by atoms with Crippen LogP contribution in [0, 0.1) is 11.3 Å². The van der Waals surface area contributed by atoms with Crippen molar-refractivity contribution in [3.05, 3.63) is 41.4 Å². The zero-order chi connectivity index (χ0) is 10.3. The Hall–Kier alpha value is -1.92. The molecular formula is C12H6N2S. The van der Waals surface area contributed by atoms with Gasteiger partial charge in [0.05, 0.1) is 10.2 Å². The van der Waals surface area contributed by atoms with Crippen molar-refractivity contribution in [2.24, 2.45) is 0 Å². The first-order valence-corrected chi connectivity index (χ1v) is 5.44. The highest BCUT2D eigenvalue weighted by Crippen LogP contribution is 2.29. The van der Waals surface area contributed by atoms with E-state index in [0.29, 0.717) is 5.69 Å². The van der Waals surface area contributed by atoms with E-state index in [1.54, 1.807) is 11.3 Å². The van der Waals surface area contributed by atoms with Gasteiger partial charge in [-0.3, -0.25) is 0 Å². The molecule has 0 aliphatic rings. The molecule has 0 amide bonds. The lowest BCUT2D eigenvalue weighted by atomic mass is 10.1. The molecule has 3 rings (SSSR count). The summed E-state index contributed by atoms with van der Waals surface area (Å²) in [7, 11) is 0. The maximum atomic E-state index is 9.02. The lowest BCUT2D eigenvalue weighted by molar-refractivity contribution is 1.36. The van der Waals surface area contributed by atoms with E-state index in [0.717, 1.165) is 21.0 Å². The van der Waals surface area contributed by atoms with Crippen LogP contribution in [0.4, 0.5) is 0 Å². The maximum absolute atomic E-state index is 9.02. The van der Waals surface area contributed by atoms with Gasteiger partial charge in [-0.25, -0.2) is 4.98 Å². The van der Waals surface area contributed by atoms with Crippen LogP contribution in [-0.4, -0.2) is 4.98 Å². The van der Waals surface area contributed by atoms with Crippen molar-refractivity contribution in [3.8, 4) is 6.07 Å². The molecule has 3 heteroatoms. The molecule has 0 N–H and O–H groups in total. The second-order valence-corrected chi connectivity index (χ2v) is 4.17. The number of thiophene rings is 1. The minimum atomic E-state index is 0.511. The molecule has 0 unspecified atom stereocenters. The van der Waals surface area contributed by atoms with Gasteiger partial charge in [-0.15, -0.1) is 11.3 Å². The van der Waals surface area contributed by atoms with Crippen LogP contribution >= 0.6 is 11.3 Å². The van der Waals surface area contributed by atoms with Crippen LogP contribution in [0.1, 0.15) is 5.69 Å². The van der Waals surface area contributed by atoms with Gasteiger partial charge in [-0.05, 0) is 11.4 Å². The van der Waals surface area contributed by atoms with E-state index in [4.69, 9.17) is 5.26 Å². The average molecular weight is 210 g/mol. The van der Waals surface area contributed by atoms with Gasteiger partial charge in [0, 0.05) is 10.8 Å². The van der Waals surface area contributed by atoms with E-state index in [9.17, 15) is 0 Å². The zero-order valence-electron chi connectivity index (χ0n) is 7.77. The third-order valence-electron chi connectivity index (χ3n) is 2.41. The quantitative estimate of drug-likeness (QED) is 0.570. The Bertz CT molecular complexity index is 691. The van der Waals surface area contributed by atoms with Crippen LogP contribution in [-0.2, 0) is 0 Å². The highest BCUT2D eigenvalue weighted by Gasteiger charge is 2.07. The summed E-state index contributed by atoms with van der Waals surface area (Å²) in [6.45, 7) is 0. The first kappa shape index (κ1) is 8.39. The second kappa shape index (κ2) is 3.04.